The lowest BCUT2D eigenvalue weighted by atomic mass is 10.3. The standard InChI is InChI=1S/C7H12OS/c1-3-7(8)5-6-9-4-2/h5-6H,3-4H2,1-2H3/b6-5+. The van der Waals surface area contributed by atoms with Gasteiger partial charge in [-0.15, -0.1) is 11.8 Å². The molecule has 0 radical (unpaired) electrons. The third kappa shape index (κ3) is 5.63. The molecule has 0 spiro atoms. The summed E-state index contributed by atoms with van der Waals surface area (Å²) in [6.07, 6.45) is 2.24. The lowest BCUT2D eigenvalue weighted by Crippen LogP contribution is -1.85. The monoisotopic (exact) mass is 144 g/mol. The lowest BCUT2D eigenvalue weighted by Gasteiger charge is -1.84. The Balaban J connectivity index is 3.32. The van der Waals surface area contributed by atoms with Crippen molar-refractivity contribution < 1.29 is 4.79 Å². The summed E-state index contributed by atoms with van der Waals surface area (Å²) in [7, 11) is 0. The van der Waals surface area contributed by atoms with E-state index in [0.717, 1.165) is 5.75 Å². The Labute approximate surface area is 60.5 Å². The maximum absolute atomic E-state index is 10.6. The largest absolute Gasteiger partial charge is 0.295 e. The summed E-state index contributed by atoms with van der Waals surface area (Å²) in [5.74, 6) is 1.24. The summed E-state index contributed by atoms with van der Waals surface area (Å²) >= 11 is 1.65. The van der Waals surface area contributed by atoms with Crippen LogP contribution in [0.4, 0.5) is 0 Å². The zero-order chi connectivity index (χ0) is 7.11. The van der Waals surface area contributed by atoms with Gasteiger partial charge in [0.2, 0.25) is 0 Å². The van der Waals surface area contributed by atoms with Gasteiger partial charge in [0, 0.05) is 6.42 Å². The van der Waals surface area contributed by atoms with Gasteiger partial charge < -0.3 is 0 Å². The van der Waals surface area contributed by atoms with Crippen molar-refractivity contribution in [1.29, 1.82) is 0 Å². The number of hydrogen-bond donors (Lipinski definition) is 0. The molecule has 0 heterocycles. The number of carbonyl (C=O) groups is 1. The molecule has 0 saturated carbocycles. The number of hydrogen-bond acceptors (Lipinski definition) is 2. The molecule has 0 bridgehead atoms. The molecule has 0 aromatic carbocycles. The van der Waals surface area contributed by atoms with E-state index in [9.17, 15) is 4.79 Å². The first-order valence-electron chi connectivity index (χ1n) is 3.12. The minimum absolute atomic E-state index is 0.205. The van der Waals surface area contributed by atoms with Crippen molar-refractivity contribution in [3.63, 3.8) is 0 Å². The van der Waals surface area contributed by atoms with Gasteiger partial charge in [0.1, 0.15) is 0 Å². The van der Waals surface area contributed by atoms with E-state index < -0.39 is 0 Å². The molecule has 9 heavy (non-hydrogen) atoms. The molecule has 0 unspecified atom stereocenters. The highest BCUT2D eigenvalue weighted by Gasteiger charge is 1.86. The van der Waals surface area contributed by atoms with Crippen LogP contribution in [0.5, 0.6) is 0 Å². The van der Waals surface area contributed by atoms with Crippen molar-refractivity contribution in [1.82, 2.24) is 0 Å². The van der Waals surface area contributed by atoms with E-state index in [-0.39, 0.29) is 5.78 Å². The van der Waals surface area contributed by atoms with Crippen LogP contribution in [-0.4, -0.2) is 11.5 Å². The number of allylic oxidation sites excluding steroid dienone is 1. The minimum atomic E-state index is 0.205. The molecular formula is C7H12OS. The molecule has 0 aromatic rings. The molecule has 0 rings (SSSR count). The zero-order valence-electron chi connectivity index (χ0n) is 5.89. The summed E-state index contributed by atoms with van der Waals surface area (Å²) in [5, 5.41) is 1.85. The van der Waals surface area contributed by atoms with Crippen LogP contribution in [0.15, 0.2) is 11.5 Å². The van der Waals surface area contributed by atoms with E-state index in [1.807, 2.05) is 12.3 Å². The van der Waals surface area contributed by atoms with Crippen LogP contribution < -0.4 is 0 Å². The molecule has 0 aliphatic rings. The van der Waals surface area contributed by atoms with Crippen LogP contribution in [0, 0.1) is 0 Å². The summed E-state index contributed by atoms with van der Waals surface area (Å²) in [6.45, 7) is 3.93. The molecule has 0 aliphatic heterocycles. The topological polar surface area (TPSA) is 17.1 Å². The third-order valence-corrected chi connectivity index (χ3v) is 1.53. The fraction of sp³-hybridized carbons (Fsp3) is 0.571. The van der Waals surface area contributed by atoms with Gasteiger partial charge in [0.25, 0.3) is 0 Å². The number of ketones is 1. The average molecular weight is 144 g/mol. The fourth-order valence-corrected chi connectivity index (χ4v) is 0.779. The van der Waals surface area contributed by atoms with Gasteiger partial charge in [-0.2, -0.15) is 0 Å². The maximum atomic E-state index is 10.6. The van der Waals surface area contributed by atoms with Crippen LogP contribution in [0.3, 0.4) is 0 Å². The first-order valence-corrected chi connectivity index (χ1v) is 4.17. The van der Waals surface area contributed by atoms with Crippen molar-refractivity contribution in [2.45, 2.75) is 20.3 Å². The second-order valence-corrected chi connectivity index (χ2v) is 2.76. The number of rotatable bonds is 4. The normalized spacial score (nSPS) is 10.4. The van der Waals surface area contributed by atoms with Crippen LogP contribution in [0.2, 0.25) is 0 Å². The van der Waals surface area contributed by atoms with E-state index in [1.165, 1.54) is 0 Å². The van der Waals surface area contributed by atoms with Crippen molar-refractivity contribution >= 4 is 17.5 Å². The minimum Gasteiger partial charge on any atom is -0.295 e. The van der Waals surface area contributed by atoms with Crippen molar-refractivity contribution in [2.75, 3.05) is 5.75 Å². The van der Waals surface area contributed by atoms with Crippen LogP contribution in [-0.2, 0) is 4.79 Å². The highest BCUT2D eigenvalue weighted by atomic mass is 32.2. The summed E-state index contributed by atoms with van der Waals surface area (Å²) < 4.78 is 0. The second-order valence-electron chi connectivity index (χ2n) is 1.58. The highest BCUT2D eigenvalue weighted by molar-refractivity contribution is 8.02. The van der Waals surface area contributed by atoms with Gasteiger partial charge in [-0.25, -0.2) is 0 Å². The molecule has 1 nitrogen and oxygen atoms in total. The second kappa shape index (κ2) is 5.89. The average Bonchev–Trinajstić information content (AvgIpc) is 1.89. The van der Waals surface area contributed by atoms with Crippen LogP contribution >= 0.6 is 11.8 Å². The fourth-order valence-electron chi connectivity index (χ4n) is 0.338. The van der Waals surface area contributed by atoms with Crippen LogP contribution in [0.1, 0.15) is 20.3 Å². The van der Waals surface area contributed by atoms with Gasteiger partial charge in [0.15, 0.2) is 5.78 Å². The molecule has 0 aromatic heterocycles. The Morgan fingerprint density at radius 1 is 1.56 bits per heavy atom. The molecule has 0 aliphatic carbocycles. The van der Waals surface area contributed by atoms with E-state index in [4.69, 9.17) is 0 Å². The van der Waals surface area contributed by atoms with Crippen LogP contribution in [0.25, 0.3) is 0 Å². The van der Waals surface area contributed by atoms with Gasteiger partial charge in [-0.3, -0.25) is 4.79 Å². The molecule has 0 atom stereocenters. The summed E-state index contributed by atoms with van der Waals surface area (Å²) in [6, 6.07) is 0. The first kappa shape index (κ1) is 8.76. The maximum Gasteiger partial charge on any atom is 0.155 e. The Morgan fingerprint density at radius 2 is 2.22 bits per heavy atom. The van der Waals surface area contributed by atoms with E-state index in [1.54, 1.807) is 17.8 Å². The Bertz CT molecular complexity index is 107. The van der Waals surface area contributed by atoms with E-state index in [0.29, 0.717) is 6.42 Å². The molecular weight excluding hydrogens is 132 g/mol. The molecule has 0 fully saturated rings. The van der Waals surface area contributed by atoms with Gasteiger partial charge >= 0.3 is 0 Å². The molecule has 2 heteroatoms. The quantitative estimate of drug-likeness (QED) is 0.563. The van der Waals surface area contributed by atoms with Gasteiger partial charge in [-0.1, -0.05) is 13.8 Å². The summed E-state index contributed by atoms with van der Waals surface area (Å²) in [4.78, 5) is 10.6. The predicted octanol–water partition coefficient (Wildman–Crippen LogP) is 2.23. The molecule has 52 valence electrons. The Kier molecular flexibility index (Phi) is 5.73. The third-order valence-electron chi connectivity index (χ3n) is 0.865. The van der Waals surface area contributed by atoms with Crippen molar-refractivity contribution in [3.8, 4) is 0 Å². The van der Waals surface area contributed by atoms with Gasteiger partial charge in [-0.05, 0) is 17.2 Å². The first-order chi connectivity index (χ1) is 4.31. The molecule has 0 saturated heterocycles. The predicted molar refractivity (Wildman–Crippen MR) is 42.6 cm³/mol. The molecule has 0 N–H and O–H groups in total. The SMILES string of the molecule is CCS/C=C/C(=O)CC. The van der Waals surface area contributed by atoms with Crippen molar-refractivity contribution in [3.05, 3.63) is 11.5 Å². The number of thioether (sulfide) groups is 1. The highest BCUT2D eigenvalue weighted by Crippen LogP contribution is 1.99. The van der Waals surface area contributed by atoms with Crippen molar-refractivity contribution in [2.24, 2.45) is 0 Å². The summed E-state index contributed by atoms with van der Waals surface area (Å²) in [5.41, 5.74) is 0. The zero-order valence-corrected chi connectivity index (χ0v) is 6.70. The number of carbonyl (C=O) groups excluding carboxylic acids is 1. The molecule has 0 amide bonds. The Hall–Kier alpha value is -0.240. The van der Waals surface area contributed by atoms with Gasteiger partial charge in [0.05, 0.1) is 0 Å². The van der Waals surface area contributed by atoms with E-state index >= 15 is 0 Å². The smallest absolute Gasteiger partial charge is 0.155 e. The van der Waals surface area contributed by atoms with E-state index in [2.05, 4.69) is 6.92 Å². The lowest BCUT2D eigenvalue weighted by molar-refractivity contribution is -0.114. The Morgan fingerprint density at radius 3 is 2.67 bits per heavy atom.